The quantitative estimate of drug-likeness (QED) is 0.417. The second-order valence-corrected chi connectivity index (χ2v) is 6.48. The summed E-state index contributed by atoms with van der Waals surface area (Å²) in [6, 6.07) is 0. The lowest BCUT2D eigenvalue weighted by Crippen LogP contribution is -2.62. The van der Waals surface area contributed by atoms with E-state index < -0.39 is 54.4 Å². The van der Waals surface area contributed by atoms with Crippen molar-refractivity contribution >= 4 is 29.7 Å². The van der Waals surface area contributed by atoms with Crippen molar-refractivity contribution in [3.63, 3.8) is 0 Å². The van der Waals surface area contributed by atoms with E-state index in [0.29, 0.717) is 0 Å². The molecular weight excluding hydrogens is 376 g/mol. The summed E-state index contributed by atoms with van der Waals surface area (Å²) in [4.78, 5) is 57.4. The molecule has 0 aromatic heterocycles. The number of rotatable bonds is 8. The Balaban J connectivity index is 3.26. The highest BCUT2D eigenvalue weighted by Crippen LogP contribution is 2.31. The number of esters is 4. The van der Waals surface area contributed by atoms with Crippen molar-refractivity contribution in [1.82, 2.24) is 0 Å². The second kappa shape index (κ2) is 10.7. The average molecular weight is 402 g/mol. The average Bonchev–Trinajstić information content (AvgIpc) is 2.54. The van der Waals surface area contributed by atoms with Crippen LogP contribution in [-0.2, 0) is 47.7 Å². The summed E-state index contributed by atoms with van der Waals surface area (Å²) in [5.41, 5.74) is 0. The van der Waals surface area contributed by atoms with E-state index in [1.165, 1.54) is 20.8 Å². The summed E-state index contributed by atoms with van der Waals surface area (Å²) in [5, 5.41) is 0. The first-order valence-electron chi connectivity index (χ1n) is 8.81. The zero-order valence-corrected chi connectivity index (χ0v) is 16.6. The van der Waals surface area contributed by atoms with E-state index in [0.717, 1.165) is 13.8 Å². The smallest absolute Gasteiger partial charge is 0.303 e. The molecule has 0 bridgehead atoms. The molecule has 0 radical (unpaired) electrons. The highest BCUT2D eigenvalue weighted by molar-refractivity contribution is 5.75. The maximum absolute atomic E-state index is 11.6. The van der Waals surface area contributed by atoms with Crippen LogP contribution in [0.4, 0.5) is 0 Å². The normalized spacial score (nSPS) is 26.7. The maximum atomic E-state index is 11.6. The Morgan fingerprint density at radius 1 is 0.679 bits per heavy atom. The Morgan fingerprint density at radius 3 is 1.57 bits per heavy atom. The van der Waals surface area contributed by atoms with Crippen LogP contribution in [0.2, 0.25) is 0 Å². The summed E-state index contributed by atoms with van der Waals surface area (Å²) in [7, 11) is 0. The van der Waals surface area contributed by atoms with Crippen LogP contribution in [0.15, 0.2) is 0 Å². The van der Waals surface area contributed by atoms with Gasteiger partial charge < -0.3 is 28.5 Å². The maximum Gasteiger partial charge on any atom is 0.303 e. The predicted octanol–water partition coefficient (Wildman–Crippen LogP) is 0.481. The molecule has 1 saturated heterocycles. The first-order chi connectivity index (χ1) is 13.0. The molecule has 10 nitrogen and oxygen atoms in total. The molecule has 1 aliphatic heterocycles. The van der Waals surface area contributed by atoms with Gasteiger partial charge in [-0.25, -0.2) is 0 Å². The monoisotopic (exact) mass is 402 g/mol. The van der Waals surface area contributed by atoms with E-state index in [4.69, 9.17) is 23.7 Å². The van der Waals surface area contributed by atoms with Gasteiger partial charge in [-0.05, 0) is 13.3 Å². The minimum Gasteiger partial charge on any atom is -0.463 e. The Kier molecular flexibility index (Phi) is 9.04. The molecule has 10 heteroatoms. The number of carbonyl (C=O) groups excluding carboxylic acids is 5. The Labute approximate surface area is 162 Å². The predicted molar refractivity (Wildman–Crippen MR) is 91.9 cm³/mol. The highest BCUT2D eigenvalue weighted by atomic mass is 16.7. The van der Waals surface area contributed by atoms with Gasteiger partial charge in [0.15, 0.2) is 18.3 Å². The molecule has 0 N–H and O–H groups in total. The van der Waals surface area contributed by atoms with E-state index in [1.807, 2.05) is 0 Å². The van der Waals surface area contributed by atoms with Gasteiger partial charge in [0, 0.05) is 34.1 Å². The van der Waals surface area contributed by atoms with Crippen molar-refractivity contribution in [1.29, 1.82) is 0 Å². The van der Waals surface area contributed by atoms with Gasteiger partial charge in [-0.3, -0.25) is 19.2 Å². The van der Waals surface area contributed by atoms with Gasteiger partial charge in [-0.1, -0.05) is 0 Å². The van der Waals surface area contributed by atoms with E-state index in [1.54, 1.807) is 0 Å². The molecule has 1 heterocycles. The Morgan fingerprint density at radius 2 is 1.14 bits per heavy atom. The fourth-order valence-electron chi connectivity index (χ4n) is 2.90. The van der Waals surface area contributed by atoms with Gasteiger partial charge in [0.2, 0.25) is 0 Å². The minimum absolute atomic E-state index is 0.118. The van der Waals surface area contributed by atoms with Crippen molar-refractivity contribution in [2.75, 3.05) is 6.61 Å². The summed E-state index contributed by atoms with van der Waals surface area (Å²) >= 11 is 0. The van der Waals surface area contributed by atoms with Crippen molar-refractivity contribution < 1.29 is 47.7 Å². The fraction of sp³-hybridized carbons (Fsp3) is 0.722. The number of ether oxygens (including phenoxy) is 5. The second-order valence-electron chi connectivity index (χ2n) is 6.48. The Bertz CT molecular complexity index is 569. The van der Waals surface area contributed by atoms with Crippen molar-refractivity contribution in [2.24, 2.45) is 0 Å². The number of carbonyl (C=O) groups is 5. The summed E-state index contributed by atoms with van der Waals surface area (Å²) < 4.78 is 26.6. The van der Waals surface area contributed by atoms with Crippen molar-refractivity contribution in [3.8, 4) is 0 Å². The minimum atomic E-state index is -1.20. The van der Waals surface area contributed by atoms with Crippen LogP contribution in [-0.4, -0.2) is 66.8 Å². The van der Waals surface area contributed by atoms with Gasteiger partial charge in [0.05, 0.1) is 6.10 Å². The molecule has 1 rings (SSSR count). The van der Waals surface area contributed by atoms with E-state index >= 15 is 0 Å². The number of Topliss-reactive ketones (excluding diaryl/α,β-unsaturated/α-hetero) is 1. The number of hydrogen-bond acceptors (Lipinski definition) is 10. The molecule has 0 spiro atoms. The molecule has 0 saturated carbocycles. The van der Waals surface area contributed by atoms with Gasteiger partial charge in [-0.2, -0.15) is 0 Å². The zero-order valence-electron chi connectivity index (χ0n) is 16.6. The van der Waals surface area contributed by atoms with E-state index in [-0.39, 0.29) is 25.2 Å². The van der Waals surface area contributed by atoms with Crippen LogP contribution in [0.5, 0.6) is 0 Å². The summed E-state index contributed by atoms with van der Waals surface area (Å²) in [5.74, 6) is -2.76. The van der Waals surface area contributed by atoms with Gasteiger partial charge in [0.1, 0.15) is 18.5 Å². The molecular formula is C18H26O10. The van der Waals surface area contributed by atoms with E-state index in [9.17, 15) is 24.0 Å². The summed E-state index contributed by atoms with van der Waals surface area (Å²) in [6.07, 6.45) is -5.04. The van der Waals surface area contributed by atoms with Crippen molar-refractivity contribution in [2.45, 2.75) is 78.0 Å². The standard InChI is InChI=1S/C18H26O10/c1-9(19)6-7-14-16(25-11(3)21)18(27-13(5)23)17(26-12(4)22)15(28-14)8-24-10(2)20/h14-18H,6-8H2,1-5H3/t14-,15+,16-,17+,18+/m0/s1. The topological polar surface area (TPSA) is 132 Å². The van der Waals surface area contributed by atoms with Crippen molar-refractivity contribution in [3.05, 3.63) is 0 Å². The van der Waals surface area contributed by atoms with Gasteiger partial charge in [-0.15, -0.1) is 0 Å². The van der Waals surface area contributed by atoms with Crippen LogP contribution in [0.3, 0.4) is 0 Å². The zero-order chi connectivity index (χ0) is 21.4. The van der Waals surface area contributed by atoms with Crippen LogP contribution in [0, 0.1) is 0 Å². The van der Waals surface area contributed by atoms with Crippen LogP contribution in [0.25, 0.3) is 0 Å². The number of hydrogen-bond donors (Lipinski definition) is 0. The highest BCUT2D eigenvalue weighted by Gasteiger charge is 2.51. The molecule has 1 fully saturated rings. The molecule has 28 heavy (non-hydrogen) atoms. The fourth-order valence-corrected chi connectivity index (χ4v) is 2.90. The third kappa shape index (κ3) is 7.63. The largest absolute Gasteiger partial charge is 0.463 e. The van der Waals surface area contributed by atoms with Crippen LogP contribution >= 0.6 is 0 Å². The first kappa shape index (κ1) is 23.5. The van der Waals surface area contributed by atoms with Crippen LogP contribution in [0.1, 0.15) is 47.5 Å². The third-order valence-electron chi connectivity index (χ3n) is 3.87. The molecule has 0 unspecified atom stereocenters. The lowest BCUT2D eigenvalue weighted by atomic mass is 9.91. The van der Waals surface area contributed by atoms with Gasteiger partial charge in [0.25, 0.3) is 0 Å². The molecule has 158 valence electrons. The van der Waals surface area contributed by atoms with E-state index in [2.05, 4.69) is 0 Å². The molecule has 5 atom stereocenters. The van der Waals surface area contributed by atoms with Gasteiger partial charge >= 0.3 is 23.9 Å². The van der Waals surface area contributed by atoms with Crippen LogP contribution < -0.4 is 0 Å². The molecule has 0 aliphatic carbocycles. The Hall–Kier alpha value is -2.49. The third-order valence-corrected chi connectivity index (χ3v) is 3.87. The SMILES string of the molecule is CC(=O)CC[C@@H]1O[C@H](COC(C)=O)[C@@H](OC(C)=O)[C@H](OC(C)=O)[C@H]1OC(C)=O. The molecule has 0 aromatic carbocycles. The summed E-state index contributed by atoms with van der Waals surface area (Å²) in [6.45, 7) is 5.77. The lowest BCUT2D eigenvalue weighted by molar-refractivity contribution is -0.253. The number of ketones is 1. The molecule has 1 aliphatic rings. The first-order valence-corrected chi connectivity index (χ1v) is 8.81. The lowest BCUT2D eigenvalue weighted by Gasteiger charge is -2.44. The molecule has 0 aromatic rings. The molecule has 0 amide bonds.